The number of rotatable bonds is 12. The molecule has 0 saturated heterocycles. The zero-order chi connectivity index (χ0) is 32.8. The second kappa shape index (κ2) is 14.1. The number of amides is 1. The fourth-order valence-corrected chi connectivity index (χ4v) is 5.64. The fourth-order valence-electron chi connectivity index (χ4n) is 5.64. The molecule has 1 amide bonds. The van der Waals surface area contributed by atoms with Crippen LogP contribution in [0.3, 0.4) is 0 Å². The van der Waals surface area contributed by atoms with E-state index in [1.807, 2.05) is 24.3 Å². The SMILES string of the molecule is Cc1noc([C@H](Cc2ccc(OCCC3CCCC3)cc2)NC(=O)c2cc3cc(Oc4ccc(OC(F)(F)F)cc4)ccc3cn2)n1. The zero-order valence-electron chi connectivity index (χ0n) is 25.6. The van der Waals surface area contributed by atoms with Gasteiger partial charge < -0.3 is 24.1 Å². The van der Waals surface area contributed by atoms with Crippen molar-refractivity contribution in [2.24, 2.45) is 5.92 Å². The Morgan fingerprint density at radius 3 is 2.34 bits per heavy atom. The number of nitrogens with zero attached hydrogens (tertiary/aromatic N) is 3. The number of benzene rings is 3. The van der Waals surface area contributed by atoms with Gasteiger partial charge in [-0.05, 0) is 90.9 Å². The number of hydrogen-bond donors (Lipinski definition) is 1. The Morgan fingerprint density at radius 2 is 1.64 bits per heavy atom. The molecule has 6 rings (SSSR count). The Kier molecular flexibility index (Phi) is 9.55. The number of halogens is 3. The molecular weight excluding hydrogens is 613 g/mol. The highest BCUT2D eigenvalue weighted by Crippen LogP contribution is 2.30. The smallest absolute Gasteiger partial charge is 0.494 e. The molecule has 0 spiro atoms. The largest absolute Gasteiger partial charge is 0.573 e. The molecule has 1 fully saturated rings. The maximum atomic E-state index is 13.5. The number of alkyl halides is 3. The summed E-state index contributed by atoms with van der Waals surface area (Å²) >= 11 is 0. The first-order chi connectivity index (χ1) is 22.7. The average Bonchev–Trinajstić information content (AvgIpc) is 3.73. The number of carbonyl (C=O) groups is 1. The molecule has 1 aliphatic carbocycles. The van der Waals surface area contributed by atoms with Crippen molar-refractivity contribution in [3.8, 4) is 23.0 Å². The Labute approximate surface area is 269 Å². The number of aryl methyl sites for hydroxylation is 1. The van der Waals surface area contributed by atoms with Crippen LogP contribution in [0.25, 0.3) is 10.8 Å². The lowest BCUT2D eigenvalue weighted by molar-refractivity contribution is -0.274. The van der Waals surface area contributed by atoms with E-state index in [2.05, 4.69) is 25.2 Å². The number of carbonyl (C=O) groups excluding carboxylic acids is 1. The van der Waals surface area contributed by atoms with Crippen molar-refractivity contribution in [1.29, 1.82) is 0 Å². The van der Waals surface area contributed by atoms with Crippen molar-refractivity contribution in [2.75, 3.05) is 6.61 Å². The maximum Gasteiger partial charge on any atom is 0.573 e. The van der Waals surface area contributed by atoms with Gasteiger partial charge in [0.05, 0.1) is 6.61 Å². The molecule has 1 saturated carbocycles. The van der Waals surface area contributed by atoms with Crippen molar-refractivity contribution in [3.05, 3.63) is 102 Å². The van der Waals surface area contributed by atoms with Crippen molar-refractivity contribution >= 4 is 16.7 Å². The molecule has 2 heterocycles. The highest BCUT2D eigenvalue weighted by molar-refractivity contribution is 5.96. The van der Waals surface area contributed by atoms with Gasteiger partial charge in [-0.1, -0.05) is 43.0 Å². The highest BCUT2D eigenvalue weighted by Gasteiger charge is 2.31. The molecular formula is C35H33F3N4O5. The molecule has 47 heavy (non-hydrogen) atoms. The number of nitrogens with one attached hydrogen (secondary N) is 1. The van der Waals surface area contributed by atoms with Crippen LogP contribution in [-0.2, 0) is 6.42 Å². The molecule has 244 valence electrons. The topological polar surface area (TPSA) is 109 Å². The van der Waals surface area contributed by atoms with Gasteiger partial charge in [-0.2, -0.15) is 4.98 Å². The number of pyridine rings is 1. The molecule has 0 unspecified atom stereocenters. The monoisotopic (exact) mass is 646 g/mol. The number of hydrogen-bond acceptors (Lipinski definition) is 8. The third kappa shape index (κ3) is 8.78. The van der Waals surface area contributed by atoms with E-state index in [0.717, 1.165) is 41.2 Å². The van der Waals surface area contributed by atoms with Crippen LogP contribution in [0, 0.1) is 12.8 Å². The lowest BCUT2D eigenvalue weighted by Gasteiger charge is -2.16. The quantitative estimate of drug-likeness (QED) is 0.144. The van der Waals surface area contributed by atoms with Gasteiger partial charge in [0, 0.05) is 18.0 Å². The van der Waals surface area contributed by atoms with E-state index in [1.165, 1.54) is 37.8 Å². The predicted molar refractivity (Wildman–Crippen MR) is 166 cm³/mol. The molecule has 0 bridgehead atoms. The van der Waals surface area contributed by atoms with Crippen LogP contribution in [0.5, 0.6) is 23.0 Å². The standard InChI is InChI=1S/C35H33F3N4O5/c1-22-40-34(47-42-22)32(18-24-6-9-27(10-7-24)44-17-16-23-4-2-3-5-23)41-33(43)31-20-26-19-30(11-8-25(26)21-39-31)45-28-12-14-29(15-13-28)46-35(36,37)38/h6-15,19-21,23,32H,2-5,16-18H2,1H3,(H,41,43)/t32-/m0/s1. The third-order valence-electron chi connectivity index (χ3n) is 8.00. The molecule has 1 N–H and O–H groups in total. The van der Waals surface area contributed by atoms with E-state index in [0.29, 0.717) is 35.7 Å². The van der Waals surface area contributed by atoms with Crippen LogP contribution >= 0.6 is 0 Å². The predicted octanol–water partition coefficient (Wildman–Crippen LogP) is 8.29. The lowest BCUT2D eigenvalue weighted by Crippen LogP contribution is -2.31. The van der Waals surface area contributed by atoms with Gasteiger partial charge in [-0.3, -0.25) is 9.78 Å². The van der Waals surface area contributed by atoms with Crippen LogP contribution in [0.4, 0.5) is 13.2 Å². The average molecular weight is 647 g/mol. The fraction of sp³-hybridized carbons (Fsp3) is 0.314. The van der Waals surface area contributed by atoms with Crippen LogP contribution < -0.4 is 19.5 Å². The van der Waals surface area contributed by atoms with Crippen LogP contribution in [0.1, 0.15) is 65.9 Å². The minimum Gasteiger partial charge on any atom is -0.494 e. The number of fused-ring (bicyclic) bond motifs is 1. The molecule has 12 heteroatoms. The molecule has 5 aromatic rings. The summed E-state index contributed by atoms with van der Waals surface area (Å²) in [5.74, 6) is 2.23. The zero-order valence-corrected chi connectivity index (χ0v) is 25.6. The van der Waals surface area contributed by atoms with E-state index >= 15 is 0 Å². The summed E-state index contributed by atoms with van der Waals surface area (Å²) in [6.07, 6.45) is 3.48. The van der Waals surface area contributed by atoms with Gasteiger partial charge >= 0.3 is 6.36 Å². The second-order valence-electron chi connectivity index (χ2n) is 11.5. The van der Waals surface area contributed by atoms with E-state index in [1.54, 1.807) is 37.4 Å². The first-order valence-corrected chi connectivity index (χ1v) is 15.4. The van der Waals surface area contributed by atoms with Gasteiger partial charge in [-0.15, -0.1) is 13.2 Å². The minimum atomic E-state index is -4.78. The van der Waals surface area contributed by atoms with Crippen molar-refractivity contribution in [1.82, 2.24) is 20.4 Å². The Morgan fingerprint density at radius 1 is 0.936 bits per heavy atom. The van der Waals surface area contributed by atoms with Crippen LogP contribution in [0.15, 0.2) is 83.5 Å². The summed E-state index contributed by atoms with van der Waals surface area (Å²) in [7, 11) is 0. The Hall–Kier alpha value is -5.13. The Bertz CT molecular complexity index is 1800. The number of ether oxygens (including phenoxy) is 3. The van der Waals surface area contributed by atoms with Gasteiger partial charge in [0.15, 0.2) is 5.82 Å². The van der Waals surface area contributed by atoms with Crippen LogP contribution in [-0.4, -0.2) is 34.0 Å². The first-order valence-electron chi connectivity index (χ1n) is 15.4. The molecule has 1 aliphatic rings. The Balaban J connectivity index is 1.12. The number of aromatic nitrogens is 3. The first kappa shape index (κ1) is 31.8. The summed E-state index contributed by atoms with van der Waals surface area (Å²) in [4.78, 5) is 22.2. The second-order valence-corrected chi connectivity index (χ2v) is 11.5. The van der Waals surface area contributed by atoms with E-state index in [9.17, 15) is 18.0 Å². The molecule has 3 aromatic carbocycles. The molecule has 2 aromatic heterocycles. The summed E-state index contributed by atoms with van der Waals surface area (Å²) in [6, 6.07) is 19.0. The van der Waals surface area contributed by atoms with E-state index in [-0.39, 0.29) is 17.3 Å². The van der Waals surface area contributed by atoms with Crippen LogP contribution in [0.2, 0.25) is 0 Å². The lowest BCUT2D eigenvalue weighted by atomic mass is 10.0. The molecule has 0 aliphatic heterocycles. The van der Waals surface area contributed by atoms with Gasteiger partial charge in [-0.25, -0.2) is 0 Å². The van der Waals surface area contributed by atoms with Crippen molar-refractivity contribution in [2.45, 2.75) is 57.9 Å². The van der Waals surface area contributed by atoms with Gasteiger partial charge in [0.1, 0.15) is 34.7 Å². The molecule has 9 nitrogen and oxygen atoms in total. The van der Waals surface area contributed by atoms with Gasteiger partial charge in [0.25, 0.3) is 5.91 Å². The van der Waals surface area contributed by atoms with E-state index in [4.69, 9.17) is 14.0 Å². The summed E-state index contributed by atoms with van der Waals surface area (Å²) < 4.78 is 58.5. The summed E-state index contributed by atoms with van der Waals surface area (Å²) in [5.41, 5.74) is 1.11. The maximum absolute atomic E-state index is 13.5. The van der Waals surface area contributed by atoms with E-state index < -0.39 is 18.3 Å². The molecule has 0 radical (unpaired) electrons. The normalized spacial score (nSPS) is 14.2. The minimum absolute atomic E-state index is 0.163. The molecule has 1 atom stereocenters. The highest BCUT2D eigenvalue weighted by atomic mass is 19.4. The van der Waals surface area contributed by atoms with Crippen molar-refractivity contribution in [3.63, 3.8) is 0 Å². The summed E-state index contributed by atoms with van der Waals surface area (Å²) in [6.45, 7) is 2.41. The van der Waals surface area contributed by atoms with Crippen molar-refractivity contribution < 1.29 is 36.7 Å². The van der Waals surface area contributed by atoms with Gasteiger partial charge in [0.2, 0.25) is 5.89 Å². The third-order valence-corrected chi connectivity index (χ3v) is 8.00. The summed E-state index contributed by atoms with van der Waals surface area (Å²) in [5, 5.41) is 8.32.